The topological polar surface area (TPSA) is 76.7 Å². The molecule has 1 aliphatic rings. The van der Waals surface area contributed by atoms with Crippen LogP contribution in [0.15, 0.2) is 35.7 Å². The molecule has 1 aliphatic heterocycles. The minimum atomic E-state index is 0.0219. The van der Waals surface area contributed by atoms with Crippen LogP contribution >= 0.6 is 0 Å². The second kappa shape index (κ2) is 5.56. The van der Waals surface area contributed by atoms with E-state index in [1.165, 1.54) is 19.8 Å². The van der Waals surface area contributed by atoms with Gasteiger partial charge >= 0.3 is 0 Å². The smallest absolute Gasteiger partial charge is 0.200 e. The van der Waals surface area contributed by atoms with Gasteiger partial charge in [-0.3, -0.25) is 0 Å². The van der Waals surface area contributed by atoms with E-state index in [9.17, 15) is 5.11 Å². The zero-order valence-corrected chi connectivity index (χ0v) is 11.1. The first-order valence-corrected chi connectivity index (χ1v) is 5.97. The zero-order valence-electron chi connectivity index (χ0n) is 11.1. The van der Waals surface area contributed by atoms with E-state index in [0.29, 0.717) is 23.9 Å². The van der Waals surface area contributed by atoms with E-state index < -0.39 is 0 Å². The number of allylic oxidation sites excluding steroid dienone is 2. The van der Waals surface area contributed by atoms with Crippen LogP contribution < -0.4 is 20.5 Å². The molecular formula is C14H18N2O3. The largest absolute Gasteiger partial charge is 0.502 e. The summed E-state index contributed by atoms with van der Waals surface area (Å²) in [6, 6.07) is 3.61. The molecule has 2 rings (SSSR count). The third-order valence-electron chi connectivity index (χ3n) is 2.99. The number of hydrogen-bond acceptors (Lipinski definition) is 5. The number of rotatable bonds is 4. The second-order valence-corrected chi connectivity index (χ2v) is 4.33. The quantitative estimate of drug-likeness (QED) is 0.762. The monoisotopic (exact) mass is 262 g/mol. The molecule has 0 bridgehead atoms. The Morgan fingerprint density at radius 1 is 1.21 bits per heavy atom. The molecule has 0 saturated heterocycles. The van der Waals surface area contributed by atoms with Gasteiger partial charge in [0.25, 0.3) is 0 Å². The predicted molar refractivity (Wildman–Crippen MR) is 73.3 cm³/mol. The van der Waals surface area contributed by atoms with Crippen LogP contribution in [0.3, 0.4) is 0 Å². The Balaban J connectivity index is 2.26. The van der Waals surface area contributed by atoms with Crippen molar-refractivity contribution in [3.05, 3.63) is 41.2 Å². The minimum absolute atomic E-state index is 0.0219. The summed E-state index contributed by atoms with van der Waals surface area (Å²) in [5.41, 5.74) is 7.84. The Bertz CT molecular complexity index is 510. The van der Waals surface area contributed by atoms with E-state index >= 15 is 0 Å². The number of phenols is 1. The van der Waals surface area contributed by atoms with Gasteiger partial charge in [-0.05, 0) is 35.8 Å². The predicted octanol–water partition coefficient (Wildman–Crippen LogP) is 1.28. The van der Waals surface area contributed by atoms with E-state index in [1.54, 1.807) is 12.1 Å². The van der Waals surface area contributed by atoms with Crippen molar-refractivity contribution in [2.75, 3.05) is 20.8 Å². The highest BCUT2D eigenvalue weighted by atomic mass is 16.5. The molecule has 0 radical (unpaired) electrons. The molecule has 1 heterocycles. The molecule has 5 nitrogen and oxygen atoms in total. The van der Waals surface area contributed by atoms with Gasteiger partial charge in [0.15, 0.2) is 11.5 Å². The van der Waals surface area contributed by atoms with Crippen molar-refractivity contribution in [1.29, 1.82) is 0 Å². The first-order chi connectivity index (χ1) is 9.13. The second-order valence-electron chi connectivity index (χ2n) is 4.33. The molecule has 5 heteroatoms. The highest BCUT2D eigenvalue weighted by Gasteiger charge is 2.12. The normalized spacial score (nSPS) is 14.2. The van der Waals surface area contributed by atoms with Gasteiger partial charge < -0.3 is 25.6 Å². The molecule has 102 valence electrons. The highest BCUT2D eigenvalue weighted by Crippen LogP contribution is 2.37. The van der Waals surface area contributed by atoms with Gasteiger partial charge in [0.1, 0.15) is 0 Å². The number of nitrogens with two attached hydrogens (primary N) is 1. The Labute approximate surface area is 112 Å². The van der Waals surface area contributed by atoms with Crippen molar-refractivity contribution in [1.82, 2.24) is 5.32 Å². The van der Waals surface area contributed by atoms with Gasteiger partial charge in [-0.2, -0.15) is 0 Å². The zero-order chi connectivity index (χ0) is 13.8. The maximum atomic E-state index is 9.85. The van der Waals surface area contributed by atoms with E-state index in [1.807, 2.05) is 12.2 Å². The summed E-state index contributed by atoms with van der Waals surface area (Å²) >= 11 is 0. The number of nitrogens with one attached hydrogen (secondary N) is 1. The van der Waals surface area contributed by atoms with Crippen LogP contribution in [0.2, 0.25) is 0 Å². The summed E-state index contributed by atoms with van der Waals surface area (Å²) in [7, 11) is 3.03. The van der Waals surface area contributed by atoms with Gasteiger partial charge in [-0.15, -0.1) is 0 Å². The average Bonchev–Trinajstić information content (AvgIpc) is 2.43. The Morgan fingerprint density at radius 3 is 2.32 bits per heavy atom. The number of dihydropyridines is 1. The fraction of sp³-hybridized carbons (Fsp3) is 0.286. The molecule has 4 N–H and O–H groups in total. The summed E-state index contributed by atoms with van der Waals surface area (Å²) < 4.78 is 10.3. The molecule has 19 heavy (non-hydrogen) atoms. The lowest BCUT2D eigenvalue weighted by Gasteiger charge is -2.16. The summed E-state index contributed by atoms with van der Waals surface area (Å²) in [4.78, 5) is 0. The standard InChI is InChI=1S/C14H18N2O3/c1-18-11-6-10(7-12(19-2)14(11)17)5-9-3-4-13(15)16-8-9/h3-4,6-7,16-17H,5,8,15H2,1-2H3. The van der Waals surface area contributed by atoms with Crippen LogP contribution in [0.4, 0.5) is 0 Å². The summed E-state index contributed by atoms with van der Waals surface area (Å²) in [6.45, 7) is 0.716. The molecule has 0 amide bonds. The van der Waals surface area contributed by atoms with Gasteiger partial charge in [0, 0.05) is 6.54 Å². The molecule has 1 aromatic carbocycles. The van der Waals surface area contributed by atoms with Crippen LogP contribution in [0.25, 0.3) is 0 Å². The van der Waals surface area contributed by atoms with E-state index in [0.717, 1.165) is 12.0 Å². The molecular weight excluding hydrogens is 244 g/mol. The number of phenolic OH excluding ortho intramolecular Hbond substituents is 1. The van der Waals surface area contributed by atoms with Crippen LogP contribution in [0.1, 0.15) is 5.56 Å². The van der Waals surface area contributed by atoms with Crippen molar-refractivity contribution >= 4 is 0 Å². The Morgan fingerprint density at radius 2 is 1.84 bits per heavy atom. The van der Waals surface area contributed by atoms with Crippen LogP contribution in [0.5, 0.6) is 17.2 Å². The van der Waals surface area contributed by atoms with Crippen LogP contribution in [0, 0.1) is 0 Å². The van der Waals surface area contributed by atoms with Crippen molar-refractivity contribution < 1.29 is 14.6 Å². The van der Waals surface area contributed by atoms with Crippen LogP contribution in [-0.2, 0) is 6.42 Å². The number of benzene rings is 1. The minimum Gasteiger partial charge on any atom is -0.502 e. The van der Waals surface area contributed by atoms with E-state index in [4.69, 9.17) is 15.2 Å². The summed E-state index contributed by atoms with van der Waals surface area (Å²) in [5.74, 6) is 1.51. The molecule has 0 aliphatic carbocycles. The van der Waals surface area contributed by atoms with E-state index in [-0.39, 0.29) is 5.75 Å². The maximum absolute atomic E-state index is 9.85. The lowest BCUT2D eigenvalue weighted by atomic mass is 10.0. The molecule has 0 atom stereocenters. The number of methoxy groups -OCH3 is 2. The first-order valence-electron chi connectivity index (χ1n) is 5.97. The molecule has 0 aromatic heterocycles. The fourth-order valence-corrected chi connectivity index (χ4v) is 1.97. The summed E-state index contributed by atoms with van der Waals surface area (Å²) in [5, 5.41) is 12.9. The average molecular weight is 262 g/mol. The van der Waals surface area contributed by atoms with Crippen molar-refractivity contribution in [3.8, 4) is 17.2 Å². The SMILES string of the molecule is COc1cc(CC2=CC=C(N)NC2)cc(OC)c1O. The van der Waals surface area contributed by atoms with Crippen molar-refractivity contribution in [2.45, 2.75) is 6.42 Å². The van der Waals surface area contributed by atoms with Crippen LogP contribution in [-0.4, -0.2) is 25.9 Å². The number of ether oxygens (including phenoxy) is 2. The fourth-order valence-electron chi connectivity index (χ4n) is 1.97. The highest BCUT2D eigenvalue weighted by molar-refractivity contribution is 5.53. The molecule has 0 unspecified atom stereocenters. The van der Waals surface area contributed by atoms with E-state index in [2.05, 4.69) is 5.32 Å². The molecule has 0 saturated carbocycles. The van der Waals surface area contributed by atoms with Crippen molar-refractivity contribution in [3.63, 3.8) is 0 Å². The van der Waals surface area contributed by atoms with Gasteiger partial charge in [0.05, 0.1) is 20.0 Å². The van der Waals surface area contributed by atoms with Gasteiger partial charge in [0.2, 0.25) is 5.75 Å². The third-order valence-corrected chi connectivity index (χ3v) is 2.99. The van der Waals surface area contributed by atoms with Gasteiger partial charge in [-0.25, -0.2) is 0 Å². The summed E-state index contributed by atoms with van der Waals surface area (Å²) in [6.07, 6.45) is 4.58. The van der Waals surface area contributed by atoms with Gasteiger partial charge in [-0.1, -0.05) is 6.08 Å². The lowest BCUT2D eigenvalue weighted by molar-refractivity contribution is 0.339. The maximum Gasteiger partial charge on any atom is 0.200 e. The molecule has 0 fully saturated rings. The Hall–Kier alpha value is -2.30. The number of aromatic hydroxyl groups is 1. The number of hydrogen-bond donors (Lipinski definition) is 3. The molecule has 0 spiro atoms. The van der Waals surface area contributed by atoms with Crippen molar-refractivity contribution in [2.24, 2.45) is 5.73 Å². The lowest BCUT2D eigenvalue weighted by Crippen LogP contribution is -2.25. The Kier molecular flexibility index (Phi) is 3.85. The first kappa shape index (κ1) is 13.1. The third kappa shape index (κ3) is 2.93. The molecule has 1 aromatic rings.